The average Bonchev–Trinajstić information content (AvgIpc) is 3.01. The summed E-state index contributed by atoms with van der Waals surface area (Å²) in [5.74, 6) is 1.56. The van der Waals surface area contributed by atoms with Gasteiger partial charge in [0.25, 0.3) is 0 Å². The van der Waals surface area contributed by atoms with Crippen molar-refractivity contribution in [3.63, 3.8) is 0 Å². The van der Waals surface area contributed by atoms with E-state index in [1.165, 1.54) is 12.1 Å². The molecule has 2 aromatic heterocycles. The number of para-hydroxylation sites is 3. The van der Waals surface area contributed by atoms with Crippen molar-refractivity contribution in [2.24, 2.45) is 0 Å². The Labute approximate surface area is 403 Å². The largest absolute Gasteiger partial charge is 0.457 e. The molecule has 0 saturated carbocycles. The van der Waals surface area contributed by atoms with Gasteiger partial charge in [-0.2, -0.15) is 0 Å². The van der Waals surface area contributed by atoms with Crippen molar-refractivity contribution in [3.05, 3.63) is 217 Å². The third-order valence-corrected chi connectivity index (χ3v) is 11.8. The van der Waals surface area contributed by atoms with Crippen LogP contribution < -0.4 is 14.5 Å². The molecule has 0 bridgehead atoms. The molecule has 0 aliphatic carbocycles. The van der Waals surface area contributed by atoms with Crippen LogP contribution in [0.25, 0.3) is 61.0 Å². The second kappa shape index (κ2) is 16.0. The van der Waals surface area contributed by atoms with E-state index in [0.717, 1.165) is 39.1 Å². The lowest BCUT2D eigenvalue weighted by Crippen LogP contribution is -2.25. The number of nitrogens with zero attached hydrogens (tertiary/aromatic N) is 4. The Morgan fingerprint density at radius 3 is 1.98 bits per heavy atom. The molecule has 1 aliphatic rings. The number of pyridine rings is 1. The third-order valence-electron chi connectivity index (χ3n) is 11.8. The molecule has 0 atom stereocenters. The highest BCUT2D eigenvalue weighted by molar-refractivity contribution is 6.11. The zero-order valence-corrected chi connectivity index (χ0v) is 35.7. The Morgan fingerprint density at radius 2 is 1.25 bits per heavy atom. The molecule has 1 aliphatic heterocycles. The summed E-state index contributed by atoms with van der Waals surface area (Å²) < 4.78 is 145. The van der Waals surface area contributed by atoms with Crippen LogP contribution in [0.15, 0.2) is 200 Å². The van der Waals surface area contributed by atoms with Crippen LogP contribution in [0.5, 0.6) is 11.5 Å². The molecule has 65 heavy (non-hydrogen) atoms. The van der Waals surface area contributed by atoms with E-state index >= 15 is 0 Å². The molecule has 0 N–H and O–H groups in total. The standard InChI is InChI=1S/C60H50N4O/c1-40-32-41(2)34-45(33-40)51-23-15-22-50(43-18-10-7-11-19-43)59(51)63-39-62(55-24-12-13-25-56(55)63)47-20-14-21-48(37-47)65-49-27-28-52-53-35-44(42-16-8-6-9-17-42)26-29-54(53)64(57(52)38-49)58-36-46(30-31-61-58)60(3,4)5/h6-38H,39H2,1-5H3/i1D3,2D3,6D,7D,8D,9D,10D,11D,16D,17D,18D,19D. The zero-order valence-electron chi connectivity index (χ0n) is 51.7. The predicted molar refractivity (Wildman–Crippen MR) is 272 cm³/mol. The maximum atomic E-state index is 9.12. The summed E-state index contributed by atoms with van der Waals surface area (Å²) in [5.41, 5.74) is 5.52. The lowest BCUT2D eigenvalue weighted by molar-refractivity contribution is 0.483. The molecule has 0 fully saturated rings. The monoisotopic (exact) mass is 858 g/mol. The normalized spacial score (nSPS) is 16.5. The van der Waals surface area contributed by atoms with Crippen molar-refractivity contribution in [1.29, 1.82) is 0 Å². The van der Waals surface area contributed by atoms with Crippen LogP contribution in [-0.4, -0.2) is 16.2 Å². The highest BCUT2D eigenvalue weighted by atomic mass is 16.5. The third kappa shape index (κ3) is 7.39. The Balaban J connectivity index is 1.04. The van der Waals surface area contributed by atoms with Gasteiger partial charge in [-0.1, -0.05) is 153 Å². The van der Waals surface area contributed by atoms with Gasteiger partial charge < -0.3 is 14.5 Å². The zero-order chi connectivity index (χ0) is 57.9. The molecule has 0 saturated heterocycles. The molecule has 316 valence electrons. The average molecular weight is 859 g/mol. The number of aromatic nitrogens is 2. The molecule has 10 aromatic rings. The van der Waals surface area contributed by atoms with Crippen molar-refractivity contribution >= 4 is 44.6 Å². The minimum atomic E-state index is -2.70. The van der Waals surface area contributed by atoms with Crippen LogP contribution in [0.2, 0.25) is 0 Å². The quantitative estimate of drug-likeness (QED) is 0.152. The van der Waals surface area contributed by atoms with E-state index in [0.29, 0.717) is 45.5 Å². The van der Waals surface area contributed by atoms with E-state index in [1.54, 1.807) is 30.5 Å². The van der Waals surface area contributed by atoms with Gasteiger partial charge in [0.15, 0.2) is 0 Å². The van der Waals surface area contributed by atoms with Crippen LogP contribution in [-0.2, 0) is 5.41 Å². The molecule has 5 heteroatoms. The smallest absolute Gasteiger partial charge is 0.137 e. The van der Waals surface area contributed by atoms with Gasteiger partial charge in [-0.15, -0.1) is 0 Å². The Kier molecular flexibility index (Phi) is 6.42. The molecule has 0 spiro atoms. The molecule has 8 aromatic carbocycles. The molecular weight excluding hydrogens is 793 g/mol. The fraction of sp³-hybridized carbons (Fsp3) is 0.117. The van der Waals surface area contributed by atoms with Gasteiger partial charge in [0.05, 0.1) is 41.8 Å². The first-order chi connectivity index (χ1) is 38.2. The SMILES string of the molecule is [2H]c1c([2H])c([2H])c(-c2ccc3c(c2)c2ccc(Oc4cccc(N5CN(c6c(-c7cc(C([2H])([2H])[2H])cc(C([2H])([2H])[2H])c7)cccc6-c6c([2H])c([2H])c([2H])c([2H])c6[2H])c6ccccc65)c4)cc2n3-c2cc(C(C)(C)C)ccn2)c([2H])c1[2H]. The summed E-state index contributed by atoms with van der Waals surface area (Å²) in [4.78, 5) is 8.76. The fourth-order valence-electron chi connectivity index (χ4n) is 8.78. The predicted octanol–water partition coefficient (Wildman–Crippen LogP) is 16.1. The molecule has 5 nitrogen and oxygen atoms in total. The molecule has 0 unspecified atom stereocenters. The first-order valence-electron chi connectivity index (χ1n) is 29.1. The van der Waals surface area contributed by atoms with Crippen molar-refractivity contribution in [2.75, 3.05) is 16.5 Å². The van der Waals surface area contributed by atoms with E-state index < -0.39 is 62.0 Å². The molecule has 3 heterocycles. The van der Waals surface area contributed by atoms with Crippen LogP contribution in [0.1, 0.15) is 59.4 Å². The van der Waals surface area contributed by atoms with Crippen LogP contribution >= 0.6 is 0 Å². The molecule has 11 rings (SSSR count). The van der Waals surface area contributed by atoms with Gasteiger partial charge in [0, 0.05) is 54.1 Å². The van der Waals surface area contributed by atoms with E-state index in [2.05, 4.69) is 20.8 Å². The number of benzene rings is 8. The summed E-state index contributed by atoms with van der Waals surface area (Å²) in [7, 11) is 0. The van der Waals surface area contributed by atoms with Gasteiger partial charge in [-0.05, 0) is 108 Å². The number of hydrogen-bond donors (Lipinski definition) is 0. The highest BCUT2D eigenvalue weighted by Crippen LogP contribution is 2.50. The van der Waals surface area contributed by atoms with E-state index in [9.17, 15) is 0 Å². The summed E-state index contributed by atoms with van der Waals surface area (Å²) in [5, 5.41) is 1.54. The second-order valence-corrected chi connectivity index (χ2v) is 17.0. The van der Waals surface area contributed by atoms with Crippen LogP contribution in [0.3, 0.4) is 0 Å². The summed E-state index contributed by atoms with van der Waals surface area (Å²) >= 11 is 0. The topological polar surface area (TPSA) is 33.5 Å². The fourth-order valence-corrected chi connectivity index (χ4v) is 8.78. The summed E-state index contributed by atoms with van der Waals surface area (Å²) in [6.07, 6.45) is 1.77. The Morgan fingerprint density at radius 1 is 0.554 bits per heavy atom. The van der Waals surface area contributed by atoms with Crippen LogP contribution in [0.4, 0.5) is 22.7 Å². The number of aryl methyl sites for hydroxylation is 2. The van der Waals surface area contributed by atoms with Crippen molar-refractivity contribution in [1.82, 2.24) is 9.55 Å². The van der Waals surface area contributed by atoms with Crippen molar-refractivity contribution in [2.45, 2.75) is 39.9 Å². The van der Waals surface area contributed by atoms with Crippen LogP contribution in [0, 0.1) is 13.7 Å². The maximum Gasteiger partial charge on any atom is 0.137 e. The summed E-state index contributed by atoms with van der Waals surface area (Å²) in [6.45, 7) is 1.03. The van der Waals surface area contributed by atoms with Gasteiger partial charge in [-0.25, -0.2) is 4.98 Å². The molecule has 0 amide bonds. The Bertz CT molecular complexity index is 4150. The van der Waals surface area contributed by atoms with Gasteiger partial charge >= 0.3 is 0 Å². The number of rotatable bonds is 8. The molecular formula is C60H50N4O. The minimum Gasteiger partial charge on any atom is -0.457 e. The van der Waals surface area contributed by atoms with Crippen molar-refractivity contribution in [3.8, 4) is 50.7 Å². The van der Waals surface area contributed by atoms with Crippen molar-refractivity contribution < 1.29 is 26.7 Å². The number of anilines is 4. The Hall–Kier alpha value is -7.89. The molecule has 0 radical (unpaired) electrons. The van der Waals surface area contributed by atoms with E-state index in [1.807, 2.05) is 105 Å². The second-order valence-electron chi connectivity index (χ2n) is 17.0. The lowest BCUT2D eigenvalue weighted by Gasteiger charge is -2.27. The first-order valence-corrected chi connectivity index (χ1v) is 21.1. The van der Waals surface area contributed by atoms with E-state index in [-0.39, 0.29) is 57.5 Å². The number of hydrogen-bond acceptors (Lipinski definition) is 4. The highest BCUT2D eigenvalue weighted by Gasteiger charge is 2.31. The van der Waals surface area contributed by atoms with Gasteiger partial charge in [-0.3, -0.25) is 4.57 Å². The number of fused-ring (bicyclic) bond motifs is 4. The first kappa shape index (κ1) is 26.0. The summed E-state index contributed by atoms with van der Waals surface area (Å²) in [6, 6.07) is 34.4. The van der Waals surface area contributed by atoms with Gasteiger partial charge in [0.1, 0.15) is 24.0 Å². The van der Waals surface area contributed by atoms with E-state index in [4.69, 9.17) is 31.7 Å². The van der Waals surface area contributed by atoms with Gasteiger partial charge in [0.2, 0.25) is 0 Å². The lowest BCUT2D eigenvalue weighted by atomic mass is 9.88. The minimum absolute atomic E-state index is 0.0775. The number of ether oxygens (including phenoxy) is 1. The maximum absolute atomic E-state index is 9.12.